The molecule has 0 radical (unpaired) electrons. The summed E-state index contributed by atoms with van der Waals surface area (Å²) in [6.07, 6.45) is 0.275. The van der Waals surface area contributed by atoms with Gasteiger partial charge in [0.25, 0.3) is 0 Å². The molecule has 0 atom stereocenters. The molecule has 1 rings (SSSR count). The molecule has 0 aliphatic rings. The monoisotopic (exact) mass is 283 g/mol. The zero-order valence-electron chi connectivity index (χ0n) is 10.9. The van der Waals surface area contributed by atoms with Crippen molar-refractivity contribution in [3.05, 3.63) is 29.3 Å². The number of hydrogen-bond acceptors (Lipinski definition) is 4. The van der Waals surface area contributed by atoms with Crippen LogP contribution in [0.5, 0.6) is 0 Å². The maximum Gasteiger partial charge on any atom is 0.332 e. The van der Waals surface area contributed by atoms with Crippen molar-refractivity contribution in [2.75, 3.05) is 12.4 Å². The van der Waals surface area contributed by atoms with E-state index in [1.165, 1.54) is 11.1 Å². The third-order valence-corrected chi connectivity index (χ3v) is 3.45. The van der Waals surface area contributed by atoms with Crippen molar-refractivity contribution in [1.82, 2.24) is 5.48 Å². The van der Waals surface area contributed by atoms with E-state index in [4.69, 9.17) is 5.11 Å². The lowest BCUT2D eigenvalue weighted by molar-refractivity contribution is -0.149. The van der Waals surface area contributed by atoms with Crippen LogP contribution < -0.4 is 5.48 Å². The van der Waals surface area contributed by atoms with Crippen LogP contribution in [0, 0.1) is 13.8 Å². The molecule has 0 aliphatic heterocycles. The molecular formula is C13H17NO4S. The number of hydrogen-bond donors (Lipinski definition) is 2. The molecule has 1 amide bonds. The van der Waals surface area contributed by atoms with E-state index in [1.807, 2.05) is 19.1 Å². The Balaban J connectivity index is 2.24. The Labute approximate surface area is 116 Å². The van der Waals surface area contributed by atoms with Gasteiger partial charge in [-0.25, -0.2) is 10.3 Å². The molecule has 1 aromatic rings. The highest BCUT2D eigenvalue weighted by Crippen LogP contribution is 2.21. The molecule has 0 unspecified atom stereocenters. The number of aryl methyl sites for hydroxylation is 2. The Hall–Kier alpha value is -1.53. The third-order valence-electron chi connectivity index (χ3n) is 2.46. The number of carboxylic acid groups (broad SMARTS) is 1. The van der Waals surface area contributed by atoms with Crippen LogP contribution in [0.15, 0.2) is 23.1 Å². The second-order valence-electron chi connectivity index (χ2n) is 4.05. The van der Waals surface area contributed by atoms with Gasteiger partial charge in [0, 0.05) is 17.1 Å². The molecule has 0 aromatic heterocycles. The number of carboxylic acids is 1. The Bertz CT molecular complexity index is 462. The highest BCUT2D eigenvalue weighted by atomic mass is 32.2. The molecule has 1 aromatic carbocycles. The number of benzene rings is 1. The van der Waals surface area contributed by atoms with E-state index >= 15 is 0 Å². The van der Waals surface area contributed by atoms with E-state index in [9.17, 15) is 9.59 Å². The smallest absolute Gasteiger partial charge is 0.332 e. The average Bonchev–Trinajstić information content (AvgIpc) is 2.33. The molecule has 0 heterocycles. The highest BCUT2D eigenvalue weighted by Gasteiger charge is 2.04. The third kappa shape index (κ3) is 6.26. The van der Waals surface area contributed by atoms with Crippen LogP contribution in [-0.4, -0.2) is 29.3 Å². The Kier molecular flexibility index (Phi) is 6.38. The topological polar surface area (TPSA) is 75.6 Å². The van der Waals surface area contributed by atoms with Crippen LogP contribution in [0.3, 0.4) is 0 Å². The second-order valence-corrected chi connectivity index (χ2v) is 5.22. The minimum atomic E-state index is -1.12. The molecule has 0 spiro atoms. The molecule has 0 fully saturated rings. The molecule has 5 nitrogen and oxygen atoms in total. The SMILES string of the molecule is Cc1ccc(SCCC(=O)NOCC(=O)O)cc1C. The first-order valence-electron chi connectivity index (χ1n) is 5.81. The number of carbonyl (C=O) groups excluding carboxylic acids is 1. The van der Waals surface area contributed by atoms with Gasteiger partial charge < -0.3 is 5.11 Å². The first-order valence-corrected chi connectivity index (χ1v) is 6.80. The van der Waals surface area contributed by atoms with E-state index in [-0.39, 0.29) is 12.3 Å². The van der Waals surface area contributed by atoms with Gasteiger partial charge in [-0.3, -0.25) is 9.63 Å². The molecule has 6 heteroatoms. The van der Waals surface area contributed by atoms with Gasteiger partial charge >= 0.3 is 5.97 Å². The van der Waals surface area contributed by atoms with Gasteiger partial charge in [-0.05, 0) is 37.1 Å². The minimum absolute atomic E-state index is 0.275. The van der Waals surface area contributed by atoms with Crippen molar-refractivity contribution in [3.63, 3.8) is 0 Å². The van der Waals surface area contributed by atoms with E-state index in [0.29, 0.717) is 5.75 Å². The molecule has 0 saturated heterocycles. The summed E-state index contributed by atoms with van der Waals surface area (Å²) in [5, 5.41) is 8.32. The summed E-state index contributed by atoms with van der Waals surface area (Å²) in [6, 6.07) is 6.15. The van der Waals surface area contributed by atoms with Crippen LogP contribution in [0.1, 0.15) is 17.5 Å². The van der Waals surface area contributed by atoms with Crippen molar-refractivity contribution in [3.8, 4) is 0 Å². The largest absolute Gasteiger partial charge is 0.479 e. The quantitative estimate of drug-likeness (QED) is 0.590. The number of hydroxylamine groups is 1. The van der Waals surface area contributed by atoms with Crippen molar-refractivity contribution in [2.45, 2.75) is 25.2 Å². The van der Waals surface area contributed by atoms with Crippen LogP contribution >= 0.6 is 11.8 Å². The second kappa shape index (κ2) is 7.81. The molecule has 19 heavy (non-hydrogen) atoms. The summed E-state index contributed by atoms with van der Waals surface area (Å²) in [6.45, 7) is 3.57. The lowest BCUT2D eigenvalue weighted by atomic mass is 10.1. The zero-order chi connectivity index (χ0) is 14.3. The predicted molar refractivity (Wildman–Crippen MR) is 73.0 cm³/mol. The lowest BCUT2D eigenvalue weighted by Crippen LogP contribution is -2.26. The first kappa shape index (κ1) is 15.5. The van der Waals surface area contributed by atoms with Crippen molar-refractivity contribution in [2.24, 2.45) is 0 Å². The maximum absolute atomic E-state index is 11.3. The summed E-state index contributed by atoms with van der Waals surface area (Å²) in [5.74, 6) is -0.826. The number of aliphatic carboxylic acids is 1. The summed E-state index contributed by atoms with van der Waals surface area (Å²) in [7, 11) is 0. The van der Waals surface area contributed by atoms with E-state index in [1.54, 1.807) is 11.8 Å². The fourth-order valence-corrected chi connectivity index (χ4v) is 2.24. The van der Waals surface area contributed by atoms with Crippen molar-refractivity contribution < 1.29 is 19.5 Å². The molecule has 2 N–H and O–H groups in total. The zero-order valence-corrected chi connectivity index (χ0v) is 11.8. The predicted octanol–water partition coefficient (Wildman–Crippen LogP) is 1.92. The molecule has 0 saturated carbocycles. The van der Waals surface area contributed by atoms with Gasteiger partial charge in [0.15, 0.2) is 6.61 Å². The van der Waals surface area contributed by atoms with Crippen LogP contribution in [0.2, 0.25) is 0 Å². The molecular weight excluding hydrogens is 266 g/mol. The number of carbonyl (C=O) groups is 2. The van der Waals surface area contributed by atoms with Gasteiger partial charge in [-0.1, -0.05) is 6.07 Å². The van der Waals surface area contributed by atoms with Gasteiger partial charge in [-0.2, -0.15) is 0 Å². The molecule has 104 valence electrons. The van der Waals surface area contributed by atoms with Gasteiger partial charge in [0.2, 0.25) is 5.91 Å². The summed E-state index contributed by atoms with van der Waals surface area (Å²) >= 11 is 1.58. The van der Waals surface area contributed by atoms with Crippen LogP contribution in [-0.2, 0) is 14.4 Å². The fraction of sp³-hybridized carbons (Fsp3) is 0.385. The van der Waals surface area contributed by atoms with Gasteiger partial charge in [-0.15, -0.1) is 11.8 Å². The number of rotatable bonds is 7. The Morgan fingerprint density at radius 1 is 1.32 bits per heavy atom. The van der Waals surface area contributed by atoms with Crippen LogP contribution in [0.25, 0.3) is 0 Å². The summed E-state index contributed by atoms with van der Waals surface area (Å²) in [4.78, 5) is 27.1. The van der Waals surface area contributed by atoms with Crippen LogP contribution in [0.4, 0.5) is 0 Å². The average molecular weight is 283 g/mol. The van der Waals surface area contributed by atoms with E-state index < -0.39 is 12.6 Å². The maximum atomic E-state index is 11.3. The number of nitrogens with one attached hydrogen (secondary N) is 1. The molecule has 0 aliphatic carbocycles. The van der Waals surface area contributed by atoms with Gasteiger partial charge in [0.05, 0.1) is 0 Å². The lowest BCUT2D eigenvalue weighted by Gasteiger charge is -2.06. The first-order chi connectivity index (χ1) is 8.99. The van der Waals surface area contributed by atoms with Crippen molar-refractivity contribution in [1.29, 1.82) is 0 Å². The Morgan fingerprint density at radius 2 is 2.05 bits per heavy atom. The highest BCUT2D eigenvalue weighted by molar-refractivity contribution is 7.99. The summed E-state index contributed by atoms with van der Waals surface area (Å²) < 4.78 is 0. The van der Waals surface area contributed by atoms with E-state index in [2.05, 4.69) is 23.3 Å². The standard InChI is InChI=1S/C13H17NO4S/c1-9-3-4-11(7-10(9)2)19-6-5-12(15)14-18-8-13(16)17/h3-4,7H,5-6,8H2,1-2H3,(H,14,15)(H,16,17). The Morgan fingerprint density at radius 3 is 2.68 bits per heavy atom. The van der Waals surface area contributed by atoms with Gasteiger partial charge in [0.1, 0.15) is 0 Å². The fourth-order valence-electron chi connectivity index (χ4n) is 1.29. The van der Waals surface area contributed by atoms with Crippen molar-refractivity contribution >= 4 is 23.6 Å². The number of thioether (sulfide) groups is 1. The minimum Gasteiger partial charge on any atom is -0.479 e. The number of amides is 1. The molecule has 0 bridgehead atoms. The normalized spacial score (nSPS) is 10.2. The summed E-state index contributed by atoms with van der Waals surface area (Å²) in [5.41, 5.74) is 4.55. The van der Waals surface area contributed by atoms with E-state index in [0.717, 1.165) is 4.90 Å².